The fraction of sp³-hybridized carbons (Fsp3) is 0.385. The van der Waals surface area contributed by atoms with E-state index in [1.807, 2.05) is 6.07 Å². The molecule has 14 heavy (non-hydrogen) atoms. The molecule has 1 aromatic carbocycles. The zero-order valence-electron chi connectivity index (χ0n) is 8.70. The van der Waals surface area contributed by atoms with E-state index in [1.165, 1.54) is 11.1 Å². The van der Waals surface area contributed by atoms with Crippen molar-refractivity contribution < 1.29 is 5.11 Å². The van der Waals surface area contributed by atoms with Crippen LogP contribution in [0.3, 0.4) is 0 Å². The van der Waals surface area contributed by atoms with Gasteiger partial charge in [0.25, 0.3) is 0 Å². The predicted molar refractivity (Wildman–Crippen MR) is 58.1 cm³/mol. The SMILES string of the molecule is C[C@H](C1=C[C@@]1(C)CO)c1ccccc1. The second-order valence-corrected chi connectivity index (χ2v) is 4.31. The highest BCUT2D eigenvalue weighted by molar-refractivity contribution is 5.45. The zero-order valence-corrected chi connectivity index (χ0v) is 8.70. The second kappa shape index (κ2) is 3.25. The van der Waals surface area contributed by atoms with Gasteiger partial charge in [0, 0.05) is 11.3 Å². The summed E-state index contributed by atoms with van der Waals surface area (Å²) >= 11 is 0. The summed E-state index contributed by atoms with van der Waals surface area (Å²) in [5.74, 6) is 0.438. The minimum Gasteiger partial charge on any atom is -0.395 e. The Hall–Kier alpha value is -1.08. The average molecular weight is 188 g/mol. The van der Waals surface area contributed by atoms with Gasteiger partial charge in [-0.1, -0.05) is 55.8 Å². The third-order valence-electron chi connectivity index (χ3n) is 3.14. The smallest absolute Gasteiger partial charge is 0.0557 e. The van der Waals surface area contributed by atoms with Crippen LogP contribution >= 0.6 is 0 Å². The summed E-state index contributed by atoms with van der Waals surface area (Å²) in [5.41, 5.74) is 2.68. The first-order valence-electron chi connectivity index (χ1n) is 5.06. The van der Waals surface area contributed by atoms with Crippen molar-refractivity contribution in [1.29, 1.82) is 0 Å². The molecule has 2 rings (SSSR count). The first kappa shape index (κ1) is 9.47. The molecule has 0 saturated carbocycles. The largest absolute Gasteiger partial charge is 0.395 e. The lowest BCUT2D eigenvalue weighted by atomic mass is 9.91. The van der Waals surface area contributed by atoms with Crippen LogP contribution in [0, 0.1) is 5.41 Å². The molecule has 1 aliphatic rings. The number of aliphatic hydroxyl groups excluding tert-OH is 1. The maximum absolute atomic E-state index is 9.18. The van der Waals surface area contributed by atoms with E-state index < -0.39 is 0 Å². The number of benzene rings is 1. The van der Waals surface area contributed by atoms with Crippen molar-refractivity contribution in [3.05, 3.63) is 47.5 Å². The van der Waals surface area contributed by atoms with E-state index in [0.29, 0.717) is 5.92 Å². The molecule has 0 fully saturated rings. The topological polar surface area (TPSA) is 20.2 Å². The first-order valence-corrected chi connectivity index (χ1v) is 5.06. The Morgan fingerprint density at radius 2 is 1.93 bits per heavy atom. The highest BCUT2D eigenvalue weighted by Crippen LogP contribution is 2.50. The molecule has 0 bridgehead atoms. The quantitative estimate of drug-likeness (QED) is 0.723. The molecule has 0 radical (unpaired) electrons. The summed E-state index contributed by atoms with van der Waals surface area (Å²) in [5, 5.41) is 9.18. The van der Waals surface area contributed by atoms with Crippen LogP contribution in [0.15, 0.2) is 42.0 Å². The van der Waals surface area contributed by atoms with E-state index in [4.69, 9.17) is 0 Å². The summed E-state index contributed by atoms with van der Waals surface area (Å²) in [6.45, 7) is 4.52. The standard InChI is InChI=1S/C13H16O/c1-10(11-6-4-3-5-7-11)12-8-13(12,2)9-14/h3-8,10,14H,9H2,1-2H3/t10-,13-/m0/s1. The number of aliphatic hydroxyl groups is 1. The molecule has 1 aromatic rings. The van der Waals surface area contributed by atoms with Crippen LogP contribution in [0.5, 0.6) is 0 Å². The van der Waals surface area contributed by atoms with Gasteiger partial charge in [0.15, 0.2) is 0 Å². The Labute approximate surface area is 85.1 Å². The molecule has 1 heteroatoms. The van der Waals surface area contributed by atoms with E-state index in [0.717, 1.165) is 0 Å². The monoisotopic (exact) mass is 188 g/mol. The highest BCUT2D eigenvalue weighted by atomic mass is 16.3. The molecule has 1 nitrogen and oxygen atoms in total. The Bertz CT molecular complexity index is 353. The molecule has 0 aromatic heterocycles. The van der Waals surface area contributed by atoms with Crippen molar-refractivity contribution in [3.63, 3.8) is 0 Å². The van der Waals surface area contributed by atoms with Crippen LogP contribution in [-0.2, 0) is 0 Å². The maximum Gasteiger partial charge on any atom is 0.0557 e. The Kier molecular flexibility index (Phi) is 2.20. The van der Waals surface area contributed by atoms with Gasteiger partial charge >= 0.3 is 0 Å². The number of rotatable bonds is 3. The van der Waals surface area contributed by atoms with Crippen LogP contribution in [0.1, 0.15) is 25.3 Å². The molecule has 0 heterocycles. The highest BCUT2D eigenvalue weighted by Gasteiger charge is 2.41. The van der Waals surface area contributed by atoms with Crippen molar-refractivity contribution in [3.8, 4) is 0 Å². The molecule has 2 atom stereocenters. The minimum absolute atomic E-state index is 0.0186. The van der Waals surface area contributed by atoms with Crippen LogP contribution < -0.4 is 0 Å². The Balaban J connectivity index is 2.12. The van der Waals surface area contributed by atoms with Gasteiger partial charge in [-0.05, 0) is 5.56 Å². The average Bonchev–Trinajstić information content (AvgIpc) is 2.92. The van der Waals surface area contributed by atoms with Crippen LogP contribution in [0.25, 0.3) is 0 Å². The zero-order chi connectivity index (χ0) is 10.2. The third-order valence-corrected chi connectivity index (χ3v) is 3.14. The molecule has 74 valence electrons. The number of hydrogen-bond donors (Lipinski definition) is 1. The van der Waals surface area contributed by atoms with Crippen molar-refractivity contribution in [1.82, 2.24) is 0 Å². The molecule has 1 aliphatic carbocycles. The van der Waals surface area contributed by atoms with Gasteiger partial charge in [0.05, 0.1) is 6.61 Å². The van der Waals surface area contributed by atoms with Crippen molar-refractivity contribution in [2.45, 2.75) is 19.8 Å². The van der Waals surface area contributed by atoms with E-state index in [-0.39, 0.29) is 12.0 Å². The summed E-state index contributed by atoms with van der Waals surface area (Å²) in [6, 6.07) is 10.4. The molecule has 0 saturated heterocycles. The molecule has 0 aliphatic heterocycles. The summed E-state index contributed by atoms with van der Waals surface area (Å²) in [6.07, 6.45) is 2.17. The fourth-order valence-electron chi connectivity index (χ4n) is 1.98. The second-order valence-electron chi connectivity index (χ2n) is 4.31. The van der Waals surface area contributed by atoms with Gasteiger partial charge in [-0.25, -0.2) is 0 Å². The van der Waals surface area contributed by atoms with Crippen molar-refractivity contribution in [2.24, 2.45) is 5.41 Å². The molecular weight excluding hydrogens is 172 g/mol. The normalized spacial score (nSPS) is 26.9. The van der Waals surface area contributed by atoms with E-state index in [9.17, 15) is 5.11 Å². The van der Waals surface area contributed by atoms with Gasteiger partial charge in [0.1, 0.15) is 0 Å². The summed E-state index contributed by atoms with van der Waals surface area (Å²) < 4.78 is 0. The molecule has 0 unspecified atom stereocenters. The van der Waals surface area contributed by atoms with E-state index >= 15 is 0 Å². The maximum atomic E-state index is 9.18. The van der Waals surface area contributed by atoms with Gasteiger partial charge in [-0.15, -0.1) is 0 Å². The minimum atomic E-state index is -0.0186. The van der Waals surface area contributed by atoms with Crippen molar-refractivity contribution in [2.75, 3.05) is 6.61 Å². The van der Waals surface area contributed by atoms with Gasteiger partial charge in [-0.3, -0.25) is 0 Å². The van der Waals surface area contributed by atoms with E-state index in [1.54, 1.807) is 0 Å². The molecular formula is C13H16O. The first-order chi connectivity index (χ1) is 6.67. The molecule has 1 N–H and O–H groups in total. The van der Waals surface area contributed by atoms with Crippen LogP contribution in [-0.4, -0.2) is 11.7 Å². The lowest BCUT2D eigenvalue weighted by molar-refractivity contribution is 0.233. The lowest BCUT2D eigenvalue weighted by Crippen LogP contribution is -2.08. The van der Waals surface area contributed by atoms with Gasteiger partial charge < -0.3 is 5.11 Å². The Morgan fingerprint density at radius 1 is 1.29 bits per heavy atom. The molecule has 0 spiro atoms. The number of hydrogen-bond acceptors (Lipinski definition) is 1. The van der Waals surface area contributed by atoms with Crippen LogP contribution in [0.2, 0.25) is 0 Å². The van der Waals surface area contributed by atoms with Gasteiger partial charge in [0.2, 0.25) is 0 Å². The third kappa shape index (κ3) is 1.48. The van der Waals surface area contributed by atoms with Crippen molar-refractivity contribution >= 4 is 0 Å². The predicted octanol–water partition coefficient (Wildman–Crippen LogP) is 2.73. The molecule has 0 amide bonds. The summed E-state index contributed by atoms with van der Waals surface area (Å²) in [4.78, 5) is 0. The van der Waals surface area contributed by atoms with E-state index in [2.05, 4.69) is 44.2 Å². The Morgan fingerprint density at radius 3 is 2.43 bits per heavy atom. The lowest BCUT2D eigenvalue weighted by Gasteiger charge is -2.14. The van der Waals surface area contributed by atoms with Crippen LogP contribution in [0.4, 0.5) is 0 Å². The fourth-order valence-corrected chi connectivity index (χ4v) is 1.98. The van der Waals surface area contributed by atoms with Gasteiger partial charge in [-0.2, -0.15) is 0 Å². The summed E-state index contributed by atoms with van der Waals surface area (Å²) in [7, 11) is 0.